The van der Waals surface area contributed by atoms with Gasteiger partial charge in [-0.1, -0.05) is 44.1 Å². The van der Waals surface area contributed by atoms with Gasteiger partial charge >= 0.3 is 0 Å². The van der Waals surface area contributed by atoms with Crippen LogP contribution in [0.15, 0.2) is 34.9 Å². The van der Waals surface area contributed by atoms with Crippen LogP contribution in [0.2, 0.25) is 0 Å². The van der Waals surface area contributed by atoms with E-state index < -0.39 is 5.92 Å². The topological polar surface area (TPSA) is 88.3 Å². The molecule has 1 unspecified atom stereocenters. The number of rotatable bonds is 5. The van der Waals surface area contributed by atoms with E-state index in [0.717, 1.165) is 5.69 Å². The van der Waals surface area contributed by atoms with Crippen LogP contribution in [0.1, 0.15) is 38.9 Å². The number of nitrogens with zero attached hydrogens (tertiary/aromatic N) is 3. The summed E-state index contributed by atoms with van der Waals surface area (Å²) < 4.78 is 5.23. The van der Waals surface area contributed by atoms with Gasteiger partial charge < -0.3 is 14.7 Å². The number of hydrogen-bond donors (Lipinski definition) is 1. The highest BCUT2D eigenvalue weighted by Gasteiger charge is 2.37. The lowest BCUT2D eigenvalue weighted by Crippen LogP contribution is -2.37. The number of carbonyl (C=O) groups is 2. The van der Waals surface area contributed by atoms with Gasteiger partial charge in [0, 0.05) is 30.6 Å². The van der Waals surface area contributed by atoms with Gasteiger partial charge in [-0.15, -0.1) is 0 Å². The summed E-state index contributed by atoms with van der Waals surface area (Å²) in [7, 11) is 0. The van der Waals surface area contributed by atoms with E-state index in [9.17, 15) is 9.59 Å². The second-order valence-corrected chi connectivity index (χ2v) is 7.47. The molecule has 0 spiro atoms. The van der Waals surface area contributed by atoms with Crippen molar-refractivity contribution in [3.05, 3.63) is 42.0 Å². The van der Waals surface area contributed by atoms with Crippen molar-refractivity contribution in [3.8, 4) is 0 Å². The largest absolute Gasteiger partial charge is 0.355 e. The van der Waals surface area contributed by atoms with Gasteiger partial charge in [-0.25, -0.2) is 0 Å². The van der Waals surface area contributed by atoms with Gasteiger partial charge in [0.1, 0.15) is 5.92 Å². The Morgan fingerprint density at radius 2 is 2.04 bits per heavy atom. The van der Waals surface area contributed by atoms with Crippen molar-refractivity contribution in [2.45, 2.75) is 39.0 Å². The number of hydrogen-bond acceptors (Lipinski definition) is 5. The molecule has 1 atom stereocenters. The average Bonchev–Trinajstić information content (AvgIpc) is 3.22. The fourth-order valence-corrected chi connectivity index (χ4v) is 2.87. The summed E-state index contributed by atoms with van der Waals surface area (Å²) in [6.45, 7) is 6.92. The Labute approximate surface area is 152 Å². The molecule has 1 N–H and O–H groups in total. The molecule has 2 amide bonds. The maximum atomic E-state index is 12.5. The molecule has 0 radical (unpaired) electrons. The first-order chi connectivity index (χ1) is 12.4. The molecular weight excluding hydrogens is 332 g/mol. The highest BCUT2D eigenvalue weighted by Crippen LogP contribution is 2.25. The van der Waals surface area contributed by atoms with Crippen LogP contribution < -0.4 is 10.2 Å². The lowest BCUT2D eigenvalue weighted by molar-refractivity contribution is -0.132. The van der Waals surface area contributed by atoms with Crippen LogP contribution in [-0.4, -0.2) is 35.0 Å². The predicted molar refractivity (Wildman–Crippen MR) is 96.6 cm³/mol. The molecule has 1 fully saturated rings. The van der Waals surface area contributed by atoms with E-state index in [0.29, 0.717) is 37.6 Å². The van der Waals surface area contributed by atoms with Crippen molar-refractivity contribution in [3.63, 3.8) is 0 Å². The Morgan fingerprint density at radius 1 is 1.31 bits per heavy atom. The summed E-state index contributed by atoms with van der Waals surface area (Å²) in [6.07, 6.45) is 0.991. The number of amides is 2. The van der Waals surface area contributed by atoms with E-state index in [4.69, 9.17) is 4.52 Å². The molecule has 0 bridgehead atoms. The molecule has 3 rings (SSSR count). The zero-order chi connectivity index (χ0) is 18.7. The van der Waals surface area contributed by atoms with Crippen LogP contribution >= 0.6 is 0 Å². The molecule has 1 aromatic heterocycles. The van der Waals surface area contributed by atoms with Crippen LogP contribution in [0, 0.1) is 5.92 Å². The summed E-state index contributed by atoms with van der Waals surface area (Å²) in [6, 6.07) is 9.42. The molecule has 2 heterocycles. The molecule has 7 heteroatoms. The van der Waals surface area contributed by atoms with Gasteiger partial charge in [0.2, 0.25) is 17.7 Å². The van der Waals surface area contributed by atoms with E-state index in [1.54, 1.807) is 4.90 Å². The number of carbonyl (C=O) groups excluding carboxylic acids is 2. The monoisotopic (exact) mass is 356 g/mol. The first-order valence-electron chi connectivity index (χ1n) is 8.83. The third-order valence-corrected chi connectivity index (χ3v) is 4.35. The van der Waals surface area contributed by atoms with Crippen molar-refractivity contribution in [2.75, 3.05) is 18.0 Å². The third-order valence-electron chi connectivity index (χ3n) is 4.35. The molecule has 2 aromatic rings. The molecule has 26 heavy (non-hydrogen) atoms. The zero-order valence-electron chi connectivity index (χ0n) is 15.4. The summed E-state index contributed by atoms with van der Waals surface area (Å²) in [5, 5.41) is 6.75. The average molecular weight is 356 g/mol. The van der Waals surface area contributed by atoms with Crippen molar-refractivity contribution < 1.29 is 14.1 Å². The Hall–Kier alpha value is -2.70. The predicted octanol–water partition coefficient (Wildman–Crippen LogP) is 2.08. The Bertz CT molecular complexity index is 780. The van der Waals surface area contributed by atoms with Gasteiger partial charge in [-0.2, -0.15) is 4.98 Å². The quantitative estimate of drug-likeness (QED) is 0.829. The second kappa shape index (κ2) is 7.27. The van der Waals surface area contributed by atoms with E-state index >= 15 is 0 Å². The summed E-state index contributed by atoms with van der Waals surface area (Å²) in [5.74, 6) is 0.101. The van der Waals surface area contributed by atoms with Crippen LogP contribution in [-0.2, 0) is 21.4 Å². The van der Waals surface area contributed by atoms with Gasteiger partial charge in [0.25, 0.3) is 0 Å². The van der Waals surface area contributed by atoms with Crippen molar-refractivity contribution >= 4 is 17.5 Å². The van der Waals surface area contributed by atoms with Crippen LogP contribution in [0.4, 0.5) is 5.69 Å². The molecule has 0 saturated carbocycles. The molecule has 1 aromatic carbocycles. The zero-order valence-corrected chi connectivity index (χ0v) is 15.4. The number of para-hydroxylation sites is 1. The van der Waals surface area contributed by atoms with Crippen molar-refractivity contribution in [1.29, 1.82) is 0 Å². The van der Waals surface area contributed by atoms with E-state index in [-0.39, 0.29) is 17.2 Å². The van der Waals surface area contributed by atoms with Gasteiger partial charge in [0.05, 0.1) is 0 Å². The SMILES string of the molecule is CC(C)(C)c1nc(CCNC(=O)C2CCN(c3ccccc3)C2=O)no1. The Balaban J connectivity index is 1.51. The number of anilines is 1. The van der Waals surface area contributed by atoms with Crippen LogP contribution in [0.25, 0.3) is 0 Å². The number of benzene rings is 1. The minimum atomic E-state index is -0.634. The highest BCUT2D eigenvalue weighted by atomic mass is 16.5. The molecule has 1 saturated heterocycles. The van der Waals surface area contributed by atoms with Crippen molar-refractivity contribution in [2.24, 2.45) is 5.92 Å². The molecule has 7 nitrogen and oxygen atoms in total. The lowest BCUT2D eigenvalue weighted by atomic mass is 9.97. The smallest absolute Gasteiger partial charge is 0.239 e. The maximum absolute atomic E-state index is 12.5. The van der Waals surface area contributed by atoms with Crippen molar-refractivity contribution in [1.82, 2.24) is 15.5 Å². The fourth-order valence-electron chi connectivity index (χ4n) is 2.87. The Kier molecular flexibility index (Phi) is 5.06. The van der Waals surface area contributed by atoms with Gasteiger partial charge in [-0.05, 0) is 18.6 Å². The molecule has 1 aliphatic heterocycles. The van der Waals surface area contributed by atoms with E-state index in [1.165, 1.54) is 0 Å². The standard InChI is InChI=1S/C19H24N4O3/c1-19(2,3)18-21-15(22-26-18)9-11-20-16(24)14-10-12-23(17(14)25)13-7-5-4-6-8-13/h4-8,14H,9-12H2,1-3H3,(H,20,24). The van der Waals surface area contributed by atoms with Crippen LogP contribution in [0.5, 0.6) is 0 Å². The minimum Gasteiger partial charge on any atom is -0.355 e. The Morgan fingerprint density at radius 3 is 2.69 bits per heavy atom. The molecule has 138 valence electrons. The second-order valence-electron chi connectivity index (χ2n) is 7.47. The van der Waals surface area contributed by atoms with Gasteiger partial charge in [-0.3, -0.25) is 9.59 Å². The molecule has 1 aliphatic rings. The first-order valence-corrected chi connectivity index (χ1v) is 8.83. The lowest BCUT2D eigenvalue weighted by Gasteiger charge is -2.16. The first kappa shape index (κ1) is 18.1. The fraction of sp³-hybridized carbons (Fsp3) is 0.474. The number of aromatic nitrogens is 2. The van der Waals surface area contributed by atoms with Crippen LogP contribution in [0.3, 0.4) is 0 Å². The normalized spacial score (nSPS) is 17.6. The maximum Gasteiger partial charge on any atom is 0.239 e. The molecule has 0 aliphatic carbocycles. The highest BCUT2D eigenvalue weighted by molar-refractivity contribution is 6.09. The van der Waals surface area contributed by atoms with E-state index in [2.05, 4.69) is 15.5 Å². The number of nitrogens with one attached hydrogen (secondary N) is 1. The molecular formula is C19H24N4O3. The summed E-state index contributed by atoms with van der Waals surface area (Å²) >= 11 is 0. The summed E-state index contributed by atoms with van der Waals surface area (Å²) in [4.78, 5) is 30.9. The minimum absolute atomic E-state index is 0.150. The van der Waals surface area contributed by atoms with Gasteiger partial charge in [0.15, 0.2) is 5.82 Å². The third kappa shape index (κ3) is 3.92. The summed E-state index contributed by atoms with van der Waals surface area (Å²) in [5.41, 5.74) is 0.625. The van der Waals surface area contributed by atoms with E-state index in [1.807, 2.05) is 51.1 Å².